The molecule has 1 aliphatic rings. The van der Waals surface area contributed by atoms with Crippen LogP contribution in [-0.4, -0.2) is 23.0 Å². The lowest BCUT2D eigenvalue weighted by Gasteiger charge is -2.23. The average molecular weight is 314 g/mol. The van der Waals surface area contributed by atoms with Crippen molar-refractivity contribution in [1.29, 1.82) is 0 Å². The minimum absolute atomic E-state index is 0.0325. The van der Waals surface area contributed by atoms with Crippen molar-refractivity contribution < 1.29 is 19.1 Å². The van der Waals surface area contributed by atoms with Gasteiger partial charge in [0.15, 0.2) is 0 Å². The monoisotopic (exact) mass is 313 g/mol. The highest BCUT2D eigenvalue weighted by Crippen LogP contribution is 2.25. The van der Waals surface area contributed by atoms with Crippen molar-refractivity contribution in [2.24, 2.45) is 5.92 Å². The summed E-state index contributed by atoms with van der Waals surface area (Å²) in [5.41, 5.74) is 0.0325. The summed E-state index contributed by atoms with van der Waals surface area (Å²) in [6.45, 7) is 0. The molecule has 1 fully saturated rings. The highest BCUT2D eigenvalue weighted by atomic mass is 35.5. The van der Waals surface area contributed by atoms with Gasteiger partial charge in [-0.05, 0) is 25.0 Å². The van der Waals surface area contributed by atoms with E-state index >= 15 is 0 Å². The lowest BCUT2D eigenvalue weighted by atomic mass is 9.94. The average Bonchev–Trinajstić information content (AvgIpc) is 2.67. The molecule has 0 saturated heterocycles. The van der Waals surface area contributed by atoms with Gasteiger partial charge in [0, 0.05) is 6.04 Å². The molecule has 2 N–H and O–H groups in total. The molecule has 2 atom stereocenters. The van der Waals surface area contributed by atoms with Crippen LogP contribution in [0.4, 0.5) is 4.39 Å². The number of carbonyl (C=O) groups excluding carboxylic acids is 1. The first-order chi connectivity index (χ1) is 10.0. The standard InChI is InChI=1S/C15H17ClFNO3/c16-13-10(6-4-7-11(13)17)14(19)18-12-8-3-1-2-5-9(12)15(20)21/h4,6-7,9,12H,1-3,5,8H2,(H,18,19)(H,20,21)/t9-,12+/m1/s1. The Kier molecular flexibility index (Phi) is 5.17. The number of aliphatic carboxylic acids is 1. The minimum atomic E-state index is -0.910. The van der Waals surface area contributed by atoms with Gasteiger partial charge in [0.2, 0.25) is 0 Å². The van der Waals surface area contributed by atoms with E-state index in [1.807, 2.05) is 0 Å². The summed E-state index contributed by atoms with van der Waals surface area (Å²) in [6.07, 6.45) is 3.80. The van der Waals surface area contributed by atoms with Crippen LogP contribution in [0, 0.1) is 11.7 Å². The van der Waals surface area contributed by atoms with E-state index in [0.29, 0.717) is 12.8 Å². The molecule has 0 unspecified atom stereocenters. The van der Waals surface area contributed by atoms with Crippen molar-refractivity contribution in [3.8, 4) is 0 Å². The number of hydrogen-bond acceptors (Lipinski definition) is 2. The maximum absolute atomic E-state index is 13.4. The predicted molar refractivity (Wildman–Crippen MR) is 76.9 cm³/mol. The fraction of sp³-hybridized carbons (Fsp3) is 0.467. The molecule has 1 aromatic rings. The van der Waals surface area contributed by atoms with E-state index in [1.165, 1.54) is 18.2 Å². The van der Waals surface area contributed by atoms with Gasteiger partial charge in [-0.1, -0.05) is 36.9 Å². The highest BCUT2D eigenvalue weighted by molar-refractivity contribution is 6.34. The van der Waals surface area contributed by atoms with Gasteiger partial charge in [0.25, 0.3) is 5.91 Å². The van der Waals surface area contributed by atoms with E-state index in [1.54, 1.807) is 0 Å². The Balaban J connectivity index is 2.16. The van der Waals surface area contributed by atoms with Gasteiger partial charge in [-0.3, -0.25) is 9.59 Å². The molecule has 21 heavy (non-hydrogen) atoms. The van der Waals surface area contributed by atoms with E-state index in [4.69, 9.17) is 11.6 Å². The van der Waals surface area contributed by atoms with Crippen LogP contribution in [0.1, 0.15) is 42.5 Å². The zero-order valence-corrected chi connectivity index (χ0v) is 12.2. The summed E-state index contributed by atoms with van der Waals surface area (Å²) in [5, 5.41) is 11.7. The van der Waals surface area contributed by atoms with Crippen molar-refractivity contribution in [3.63, 3.8) is 0 Å². The SMILES string of the molecule is O=C(N[C@H]1CCCCC[C@H]1C(=O)O)c1cccc(F)c1Cl. The maximum Gasteiger partial charge on any atom is 0.308 e. The van der Waals surface area contributed by atoms with E-state index in [2.05, 4.69) is 5.32 Å². The number of carboxylic acid groups (broad SMARTS) is 1. The van der Waals surface area contributed by atoms with Crippen LogP contribution in [0.25, 0.3) is 0 Å². The molecule has 0 aromatic heterocycles. The first-order valence-corrected chi connectivity index (χ1v) is 7.36. The molecule has 114 valence electrons. The topological polar surface area (TPSA) is 66.4 Å². The van der Waals surface area contributed by atoms with Crippen LogP contribution >= 0.6 is 11.6 Å². The smallest absolute Gasteiger partial charge is 0.308 e. The van der Waals surface area contributed by atoms with Gasteiger partial charge < -0.3 is 10.4 Å². The Labute approximate surface area is 127 Å². The summed E-state index contributed by atoms with van der Waals surface area (Å²) in [6, 6.07) is 3.55. The maximum atomic E-state index is 13.4. The van der Waals surface area contributed by atoms with E-state index < -0.39 is 29.7 Å². The molecule has 0 heterocycles. The first-order valence-electron chi connectivity index (χ1n) is 6.98. The van der Waals surface area contributed by atoms with Gasteiger partial charge in [-0.25, -0.2) is 4.39 Å². The number of carbonyl (C=O) groups is 2. The third-order valence-corrected chi connectivity index (χ3v) is 4.23. The number of rotatable bonds is 3. The van der Waals surface area contributed by atoms with Crippen LogP contribution in [0.5, 0.6) is 0 Å². The molecule has 1 aliphatic carbocycles. The molecule has 4 nitrogen and oxygen atoms in total. The van der Waals surface area contributed by atoms with Gasteiger partial charge in [-0.2, -0.15) is 0 Å². The van der Waals surface area contributed by atoms with Gasteiger partial charge in [0.1, 0.15) is 5.82 Å². The largest absolute Gasteiger partial charge is 0.481 e. The molecule has 1 amide bonds. The second kappa shape index (κ2) is 6.89. The summed E-state index contributed by atoms with van der Waals surface area (Å²) in [5.74, 6) is -2.71. The van der Waals surface area contributed by atoms with E-state index in [9.17, 15) is 19.1 Å². The summed E-state index contributed by atoms with van der Waals surface area (Å²) in [4.78, 5) is 23.5. The van der Waals surface area contributed by atoms with Crippen LogP contribution in [0.3, 0.4) is 0 Å². The van der Waals surface area contributed by atoms with Crippen LogP contribution < -0.4 is 5.32 Å². The lowest BCUT2D eigenvalue weighted by Crippen LogP contribution is -2.43. The third kappa shape index (κ3) is 3.73. The van der Waals surface area contributed by atoms with Crippen molar-refractivity contribution in [2.45, 2.75) is 38.1 Å². The number of amides is 1. The molecular formula is C15H17ClFNO3. The van der Waals surface area contributed by atoms with Gasteiger partial charge in [-0.15, -0.1) is 0 Å². The van der Waals surface area contributed by atoms with Gasteiger partial charge >= 0.3 is 5.97 Å². The zero-order valence-electron chi connectivity index (χ0n) is 11.4. The molecule has 0 bridgehead atoms. The van der Waals surface area contributed by atoms with Crippen LogP contribution in [0.2, 0.25) is 5.02 Å². The number of benzene rings is 1. The fourth-order valence-electron chi connectivity index (χ4n) is 2.70. The summed E-state index contributed by atoms with van der Waals surface area (Å²) in [7, 11) is 0. The third-order valence-electron chi connectivity index (χ3n) is 3.85. The fourth-order valence-corrected chi connectivity index (χ4v) is 2.91. The van der Waals surface area contributed by atoms with Crippen LogP contribution in [-0.2, 0) is 4.79 Å². The number of hydrogen-bond donors (Lipinski definition) is 2. The normalized spacial score (nSPS) is 22.4. The number of carboxylic acids is 1. The molecule has 0 spiro atoms. The molecule has 2 rings (SSSR count). The quantitative estimate of drug-likeness (QED) is 0.842. The molecule has 0 aliphatic heterocycles. The Morgan fingerprint density at radius 1 is 1.24 bits per heavy atom. The van der Waals surface area contributed by atoms with Crippen molar-refractivity contribution in [3.05, 3.63) is 34.6 Å². The Hall–Kier alpha value is -1.62. The van der Waals surface area contributed by atoms with Crippen molar-refractivity contribution >= 4 is 23.5 Å². The first kappa shape index (κ1) is 15.8. The Morgan fingerprint density at radius 2 is 1.95 bits per heavy atom. The van der Waals surface area contributed by atoms with E-state index in [0.717, 1.165) is 19.3 Å². The second-order valence-electron chi connectivity index (χ2n) is 5.26. The Morgan fingerprint density at radius 3 is 2.67 bits per heavy atom. The number of halogens is 2. The summed E-state index contributed by atoms with van der Waals surface area (Å²) < 4.78 is 13.4. The molecule has 1 aromatic carbocycles. The zero-order chi connectivity index (χ0) is 15.4. The minimum Gasteiger partial charge on any atom is -0.481 e. The number of nitrogens with one attached hydrogen (secondary N) is 1. The van der Waals surface area contributed by atoms with Crippen molar-refractivity contribution in [2.75, 3.05) is 0 Å². The molecule has 6 heteroatoms. The van der Waals surface area contributed by atoms with E-state index in [-0.39, 0.29) is 10.6 Å². The van der Waals surface area contributed by atoms with Gasteiger partial charge in [0.05, 0.1) is 16.5 Å². The second-order valence-corrected chi connectivity index (χ2v) is 5.64. The lowest BCUT2D eigenvalue weighted by molar-refractivity contribution is -0.142. The highest BCUT2D eigenvalue weighted by Gasteiger charge is 2.31. The molecular weight excluding hydrogens is 297 g/mol. The molecule has 0 radical (unpaired) electrons. The molecule has 1 saturated carbocycles. The Bertz CT molecular complexity index is 550. The van der Waals surface area contributed by atoms with Crippen LogP contribution in [0.15, 0.2) is 18.2 Å². The summed E-state index contributed by atoms with van der Waals surface area (Å²) >= 11 is 5.78. The predicted octanol–water partition coefficient (Wildman–Crippen LogP) is 3.24. The van der Waals surface area contributed by atoms with Crippen molar-refractivity contribution in [1.82, 2.24) is 5.32 Å².